The van der Waals surface area contributed by atoms with Crippen LogP contribution in [0.15, 0.2) is 24.3 Å². The van der Waals surface area contributed by atoms with Crippen LogP contribution in [0, 0.1) is 0 Å². The second-order valence-corrected chi connectivity index (χ2v) is 9.07. The van der Waals surface area contributed by atoms with E-state index in [0.717, 1.165) is 24.2 Å². The minimum Gasteiger partial charge on any atom is -0.491 e. The third kappa shape index (κ3) is 10.6. The summed E-state index contributed by atoms with van der Waals surface area (Å²) in [5.41, 5.74) is 0.284. The zero-order valence-electron chi connectivity index (χ0n) is 21.6. The smallest absolute Gasteiger partial charge is 0.491 e. The Labute approximate surface area is 205 Å². The van der Waals surface area contributed by atoms with E-state index >= 15 is 0 Å². The van der Waals surface area contributed by atoms with Crippen LogP contribution in [0.25, 0.3) is 0 Å². The normalized spacial score (nSPS) is 16.8. The summed E-state index contributed by atoms with van der Waals surface area (Å²) in [6.45, 7) is 16.5. The molecule has 34 heavy (non-hydrogen) atoms. The van der Waals surface area contributed by atoms with Gasteiger partial charge in [0.15, 0.2) is 0 Å². The van der Waals surface area contributed by atoms with Gasteiger partial charge < -0.3 is 37.7 Å². The standard InChI is InChI=1S/C25H43BO8/c1-6-11-27-12-13-28-14-15-29-16-17-30-18-19-31-20-21-32-23-9-7-22(8-10-23)26-33-24(2,3)25(4,5)34-26/h7-10H,6,11-21H2,1-5H3. The first kappa shape index (κ1) is 29.0. The van der Waals surface area contributed by atoms with Gasteiger partial charge in [-0.2, -0.15) is 0 Å². The molecule has 0 amide bonds. The second kappa shape index (κ2) is 15.7. The van der Waals surface area contributed by atoms with Crippen molar-refractivity contribution in [3.05, 3.63) is 24.3 Å². The number of hydrogen-bond donors (Lipinski definition) is 0. The molecular formula is C25H43BO8. The summed E-state index contributed by atoms with van der Waals surface area (Å²) >= 11 is 0. The Balaban J connectivity index is 1.40. The highest BCUT2D eigenvalue weighted by atomic mass is 16.7. The lowest BCUT2D eigenvalue weighted by Crippen LogP contribution is -2.41. The van der Waals surface area contributed by atoms with Crippen LogP contribution in [0.1, 0.15) is 41.0 Å². The number of benzene rings is 1. The van der Waals surface area contributed by atoms with Crippen molar-refractivity contribution in [2.45, 2.75) is 52.2 Å². The van der Waals surface area contributed by atoms with Crippen LogP contribution in [0.3, 0.4) is 0 Å². The van der Waals surface area contributed by atoms with E-state index in [-0.39, 0.29) is 18.3 Å². The second-order valence-electron chi connectivity index (χ2n) is 9.07. The fourth-order valence-corrected chi connectivity index (χ4v) is 3.04. The van der Waals surface area contributed by atoms with Crippen LogP contribution in [-0.2, 0) is 33.0 Å². The molecule has 1 aliphatic rings. The molecule has 9 heteroatoms. The van der Waals surface area contributed by atoms with E-state index in [4.69, 9.17) is 37.7 Å². The van der Waals surface area contributed by atoms with Gasteiger partial charge >= 0.3 is 7.12 Å². The predicted molar refractivity (Wildman–Crippen MR) is 132 cm³/mol. The molecule has 1 aliphatic heterocycles. The molecule has 0 unspecified atom stereocenters. The lowest BCUT2D eigenvalue weighted by Gasteiger charge is -2.32. The van der Waals surface area contributed by atoms with Gasteiger partial charge in [-0.1, -0.05) is 19.1 Å². The van der Waals surface area contributed by atoms with E-state index in [1.165, 1.54) is 0 Å². The Bertz CT molecular complexity index is 637. The average molecular weight is 482 g/mol. The van der Waals surface area contributed by atoms with Crippen molar-refractivity contribution in [2.24, 2.45) is 0 Å². The van der Waals surface area contributed by atoms with Gasteiger partial charge in [0.2, 0.25) is 0 Å². The minimum atomic E-state index is -0.364. The molecule has 1 fully saturated rings. The van der Waals surface area contributed by atoms with Crippen LogP contribution in [0.4, 0.5) is 0 Å². The van der Waals surface area contributed by atoms with Crippen molar-refractivity contribution in [1.29, 1.82) is 0 Å². The largest absolute Gasteiger partial charge is 0.494 e. The lowest BCUT2D eigenvalue weighted by molar-refractivity contribution is -0.0126. The molecule has 0 saturated carbocycles. The van der Waals surface area contributed by atoms with Crippen LogP contribution < -0.4 is 10.2 Å². The van der Waals surface area contributed by atoms with Crippen LogP contribution in [0.2, 0.25) is 0 Å². The highest BCUT2D eigenvalue weighted by Crippen LogP contribution is 2.36. The van der Waals surface area contributed by atoms with Gasteiger partial charge in [0.05, 0.1) is 70.7 Å². The first-order valence-electron chi connectivity index (χ1n) is 12.3. The zero-order valence-corrected chi connectivity index (χ0v) is 21.6. The molecular weight excluding hydrogens is 439 g/mol. The number of hydrogen-bond acceptors (Lipinski definition) is 8. The van der Waals surface area contributed by atoms with Gasteiger partial charge in [0.1, 0.15) is 12.4 Å². The van der Waals surface area contributed by atoms with Crippen molar-refractivity contribution in [1.82, 2.24) is 0 Å². The van der Waals surface area contributed by atoms with E-state index in [2.05, 4.69) is 6.92 Å². The van der Waals surface area contributed by atoms with E-state index in [9.17, 15) is 0 Å². The third-order valence-corrected chi connectivity index (χ3v) is 5.74. The highest BCUT2D eigenvalue weighted by molar-refractivity contribution is 6.62. The van der Waals surface area contributed by atoms with Crippen molar-refractivity contribution < 1.29 is 37.7 Å². The van der Waals surface area contributed by atoms with Crippen LogP contribution in [-0.4, -0.2) is 91.0 Å². The molecule has 194 valence electrons. The molecule has 2 rings (SSSR count). The monoisotopic (exact) mass is 482 g/mol. The summed E-state index contributed by atoms with van der Waals surface area (Å²) in [5.74, 6) is 0.787. The summed E-state index contributed by atoms with van der Waals surface area (Å²) in [6, 6.07) is 7.80. The summed E-state index contributed by atoms with van der Waals surface area (Å²) in [6.07, 6.45) is 1.03. The molecule has 0 radical (unpaired) electrons. The summed E-state index contributed by atoms with van der Waals surface area (Å²) in [7, 11) is -0.364. The average Bonchev–Trinajstić information content (AvgIpc) is 3.03. The van der Waals surface area contributed by atoms with Crippen molar-refractivity contribution in [2.75, 3.05) is 72.7 Å². The molecule has 0 aliphatic carbocycles. The molecule has 8 nitrogen and oxygen atoms in total. The van der Waals surface area contributed by atoms with Gasteiger partial charge in [0.25, 0.3) is 0 Å². The van der Waals surface area contributed by atoms with Crippen molar-refractivity contribution in [3.8, 4) is 5.75 Å². The van der Waals surface area contributed by atoms with Crippen LogP contribution >= 0.6 is 0 Å². The molecule has 1 aromatic rings. The molecule has 0 spiro atoms. The van der Waals surface area contributed by atoms with Gasteiger partial charge in [-0.3, -0.25) is 0 Å². The predicted octanol–water partition coefficient (Wildman–Crippen LogP) is 2.86. The van der Waals surface area contributed by atoms with Crippen LogP contribution in [0.5, 0.6) is 5.75 Å². The lowest BCUT2D eigenvalue weighted by atomic mass is 9.79. The molecule has 0 bridgehead atoms. The molecule has 1 saturated heterocycles. The molecule has 1 heterocycles. The van der Waals surface area contributed by atoms with Crippen molar-refractivity contribution >= 4 is 12.6 Å². The quantitative estimate of drug-likeness (QED) is 0.220. The van der Waals surface area contributed by atoms with Gasteiger partial charge in [0, 0.05) is 6.61 Å². The zero-order chi connectivity index (χ0) is 24.7. The van der Waals surface area contributed by atoms with E-state index in [1.807, 2.05) is 52.0 Å². The molecule has 1 aromatic carbocycles. The molecule has 0 atom stereocenters. The van der Waals surface area contributed by atoms with Gasteiger partial charge in [-0.15, -0.1) is 0 Å². The molecule has 0 aromatic heterocycles. The maximum absolute atomic E-state index is 6.07. The number of ether oxygens (including phenoxy) is 6. The third-order valence-electron chi connectivity index (χ3n) is 5.74. The van der Waals surface area contributed by atoms with Gasteiger partial charge in [-0.25, -0.2) is 0 Å². The number of rotatable bonds is 19. The highest BCUT2D eigenvalue weighted by Gasteiger charge is 2.51. The summed E-state index contributed by atoms with van der Waals surface area (Å²) < 4.78 is 45.1. The van der Waals surface area contributed by atoms with E-state index in [1.54, 1.807) is 0 Å². The maximum atomic E-state index is 6.07. The Morgan fingerprint density at radius 1 is 0.588 bits per heavy atom. The Hall–Kier alpha value is -1.20. The Morgan fingerprint density at radius 2 is 0.971 bits per heavy atom. The SMILES string of the molecule is CCCOCCOCCOCCOCCOCCOc1ccc(B2OC(C)(C)C(C)(C)O2)cc1. The minimum absolute atomic E-state index is 0.348. The van der Waals surface area contributed by atoms with E-state index in [0.29, 0.717) is 66.1 Å². The molecule has 0 N–H and O–H groups in total. The van der Waals surface area contributed by atoms with Crippen molar-refractivity contribution in [3.63, 3.8) is 0 Å². The Kier molecular flexibility index (Phi) is 13.4. The van der Waals surface area contributed by atoms with Gasteiger partial charge in [-0.05, 0) is 51.7 Å². The topological polar surface area (TPSA) is 73.8 Å². The fourth-order valence-electron chi connectivity index (χ4n) is 3.04. The first-order chi connectivity index (χ1) is 16.4. The first-order valence-corrected chi connectivity index (χ1v) is 12.3. The van der Waals surface area contributed by atoms with E-state index < -0.39 is 0 Å². The maximum Gasteiger partial charge on any atom is 0.494 e. The fraction of sp³-hybridized carbons (Fsp3) is 0.760. The summed E-state index contributed by atoms with van der Waals surface area (Å²) in [5, 5.41) is 0. The Morgan fingerprint density at radius 3 is 1.38 bits per heavy atom. The summed E-state index contributed by atoms with van der Waals surface area (Å²) in [4.78, 5) is 0.